The maximum absolute atomic E-state index is 12.4. The normalized spacial score (nSPS) is 18.2. The van der Waals surface area contributed by atoms with Crippen LogP contribution >= 0.6 is 0 Å². The van der Waals surface area contributed by atoms with Crippen LogP contribution in [-0.2, 0) is 4.79 Å². The number of hydrogen-bond donors (Lipinski definition) is 1. The van der Waals surface area contributed by atoms with Gasteiger partial charge in [0.25, 0.3) is 5.91 Å². The molecule has 0 spiro atoms. The maximum atomic E-state index is 12.4. The van der Waals surface area contributed by atoms with Gasteiger partial charge in [0.15, 0.2) is 0 Å². The minimum atomic E-state index is -0.0174. The van der Waals surface area contributed by atoms with Crippen LogP contribution in [0.4, 0.5) is 5.69 Å². The van der Waals surface area contributed by atoms with Crippen molar-refractivity contribution in [2.75, 3.05) is 31.5 Å². The molecular formula is C19H29N3O2. The van der Waals surface area contributed by atoms with Crippen LogP contribution in [0.5, 0.6) is 0 Å². The minimum absolute atomic E-state index is 0.000696. The molecule has 1 saturated heterocycles. The Labute approximate surface area is 145 Å². The molecule has 0 unspecified atom stereocenters. The standard InChI is InChI=1S/C19H29N3O2/c1-4-21(5-2)19(24)16-10-8-11-17(13-16)20-18(23)14-22-12-7-6-9-15(22)3/h8,10-11,13,15H,4-7,9,12,14H2,1-3H3,(H,20,23)/t15-/m1/s1. The molecule has 0 saturated carbocycles. The highest BCUT2D eigenvalue weighted by Gasteiger charge is 2.20. The highest BCUT2D eigenvalue weighted by Crippen LogP contribution is 2.17. The zero-order valence-corrected chi connectivity index (χ0v) is 15.0. The van der Waals surface area contributed by atoms with Crippen molar-refractivity contribution in [3.05, 3.63) is 29.8 Å². The van der Waals surface area contributed by atoms with Crippen molar-refractivity contribution in [2.45, 2.75) is 46.1 Å². The van der Waals surface area contributed by atoms with E-state index in [1.807, 2.05) is 26.0 Å². The predicted octanol–water partition coefficient (Wildman–Crippen LogP) is 2.98. The molecule has 2 rings (SSSR count). The largest absolute Gasteiger partial charge is 0.339 e. The number of carbonyl (C=O) groups is 2. The Morgan fingerprint density at radius 2 is 2.00 bits per heavy atom. The molecule has 0 radical (unpaired) electrons. The zero-order chi connectivity index (χ0) is 17.5. The monoisotopic (exact) mass is 331 g/mol. The van der Waals surface area contributed by atoms with Gasteiger partial charge in [-0.1, -0.05) is 12.5 Å². The summed E-state index contributed by atoms with van der Waals surface area (Å²) in [5.74, 6) is -0.0167. The third-order valence-electron chi connectivity index (χ3n) is 4.73. The van der Waals surface area contributed by atoms with Crippen LogP contribution < -0.4 is 5.32 Å². The summed E-state index contributed by atoms with van der Waals surface area (Å²) in [4.78, 5) is 28.7. The molecule has 5 nitrogen and oxygen atoms in total. The highest BCUT2D eigenvalue weighted by atomic mass is 16.2. The molecule has 1 aromatic carbocycles. The van der Waals surface area contributed by atoms with Gasteiger partial charge in [0, 0.05) is 30.4 Å². The Balaban J connectivity index is 1.98. The number of amides is 2. The van der Waals surface area contributed by atoms with Crippen LogP contribution in [0.1, 0.15) is 50.4 Å². The number of benzene rings is 1. The summed E-state index contributed by atoms with van der Waals surface area (Å²) in [5, 5.41) is 2.93. The lowest BCUT2D eigenvalue weighted by Crippen LogP contribution is -2.42. The lowest BCUT2D eigenvalue weighted by Gasteiger charge is -2.32. The zero-order valence-electron chi connectivity index (χ0n) is 15.0. The molecule has 0 bridgehead atoms. The first-order valence-corrected chi connectivity index (χ1v) is 8.98. The average molecular weight is 331 g/mol. The molecule has 1 fully saturated rings. The Morgan fingerprint density at radius 3 is 2.67 bits per heavy atom. The topological polar surface area (TPSA) is 52.7 Å². The number of piperidine rings is 1. The van der Waals surface area contributed by atoms with Crippen molar-refractivity contribution >= 4 is 17.5 Å². The van der Waals surface area contributed by atoms with E-state index in [-0.39, 0.29) is 11.8 Å². The van der Waals surface area contributed by atoms with Gasteiger partial charge < -0.3 is 10.2 Å². The van der Waals surface area contributed by atoms with Crippen LogP contribution in [0.3, 0.4) is 0 Å². The van der Waals surface area contributed by atoms with E-state index in [0.717, 1.165) is 19.4 Å². The Hall–Kier alpha value is -1.88. The predicted molar refractivity (Wildman–Crippen MR) is 97.2 cm³/mol. The van der Waals surface area contributed by atoms with Crippen molar-refractivity contribution in [2.24, 2.45) is 0 Å². The van der Waals surface area contributed by atoms with Crippen LogP contribution in [0, 0.1) is 0 Å². The van der Waals surface area contributed by atoms with E-state index in [2.05, 4.69) is 17.1 Å². The minimum Gasteiger partial charge on any atom is -0.339 e. The van der Waals surface area contributed by atoms with Crippen LogP contribution in [0.2, 0.25) is 0 Å². The van der Waals surface area contributed by atoms with Gasteiger partial charge >= 0.3 is 0 Å². The number of hydrogen-bond acceptors (Lipinski definition) is 3. The highest BCUT2D eigenvalue weighted by molar-refractivity contribution is 5.97. The molecule has 1 N–H and O–H groups in total. The lowest BCUT2D eigenvalue weighted by molar-refractivity contribution is -0.118. The van der Waals surface area contributed by atoms with E-state index in [1.54, 1.807) is 17.0 Å². The molecule has 0 aromatic heterocycles. The second-order valence-corrected chi connectivity index (χ2v) is 6.42. The van der Waals surface area contributed by atoms with Crippen molar-refractivity contribution in [1.29, 1.82) is 0 Å². The van der Waals surface area contributed by atoms with Gasteiger partial charge in [-0.05, 0) is 58.4 Å². The van der Waals surface area contributed by atoms with Gasteiger partial charge in [-0.2, -0.15) is 0 Å². The molecule has 2 amide bonds. The lowest BCUT2D eigenvalue weighted by atomic mass is 10.0. The van der Waals surface area contributed by atoms with Crippen molar-refractivity contribution in [1.82, 2.24) is 9.80 Å². The SMILES string of the molecule is CCN(CC)C(=O)c1cccc(NC(=O)CN2CCCC[C@H]2C)c1. The van der Waals surface area contributed by atoms with E-state index in [1.165, 1.54) is 6.42 Å². The Bertz CT molecular complexity index is 569. The summed E-state index contributed by atoms with van der Waals surface area (Å²) in [6.45, 7) is 8.86. The fourth-order valence-electron chi connectivity index (χ4n) is 3.20. The summed E-state index contributed by atoms with van der Waals surface area (Å²) in [6, 6.07) is 7.66. The van der Waals surface area contributed by atoms with Gasteiger partial charge in [0.1, 0.15) is 0 Å². The second-order valence-electron chi connectivity index (χ2n) is 6.42. The van der Waals surface area contributed by atoms with Crippen molar-refractivity contribution in [3.8, 4) is 0 Å². The first-order chi connectivity index (χ1) is 11.5. The number of nitrogens with one attached hydrogen (secondary N) is 1. The Kier molecular flexibility index (Phi) is 6.79. The number of rotatable bonds is 6. The van der Waals surface area contributed by atoms with Gasteiger partial charge in [-0.15, -0.1) is 0 Å². The van der Waals surface area contributed by atoms with Crippen LogP contribution in [-0.4, -0.2) is 53.8 Å². The molecule has 1 aliphatic rings. The van der Waals surface area contributed by atoms with E-state index in [9.17, 15) is 9.59 Å². The van der Waals surface area contributed by atoms with E-state index >= 15 is 0 Å². The van der Waals surface area contributed by atoms with Gasteiger partial charge in [0.05, 0.1) is 6.54 Å². The Morgan fingerprint density at radius 1 is 1.25 bits per heavy atom. The number of nitrogens with zero attached hydrogens (tertiary/aromatic N) is 2. The van der Waals surface area contributed by atoms with E-state index in [4.69, 9.17) is 0 Å². The summed E-state index contributed by atoms with van der Waals surface area (Å²) in [7, 11) is 0. The maximum Gasteiger partial charge on any atom is 0.253 e. The molecule has 1 aromatic rings. The fourth-order valence-corrected chi connectivity index (χ4v) is 3.20. The quantitative estimate of drug-likeness (QED) is 0.872. The number of carbonyl (C=O) groups excluding carboxylic acids is 2. The van der Waals surface area contributed by atoms with Gasteiger partial charge in [-0.25, -0.2) is 0 Å². The smallest absolute Gasteiger partial charge is 0.253 e. The molecule has 1 heterocycles. The average Bonchev–Trinajstić information content (AvgIpc) is 2.58. The van der Waals surface area contributed by atoms with Crippen LogP contribution in [0.25, 0.3) is 0 Å². The van der Waals surface area contributed by atoms with Crippen molar-refractivity contribution in [3.63, 3.8) is 0 Å². The van der Waals surface area contributed by atoms with Gasteiger partial charge in [-0.3, -0.25) is 14.5 Å². The molecule has 24 heavy (non-hydrogen) atoms. The van der Waals surface area contributed by atoms with Crippen LogP contribution in [0.15, 0.2) is 24.3 Å². The van der Waals surface area contributed by atoms with Gasteiger partial charge in [0.2, 0.25) is 5.91 Å². The third kappa shape index (κ3) is 4.81. The first kappa shape index (κ1) is 18.5. The fraction of sp³-hybridized carbons (Fsp3) is 0.579. The molecular weight excluding hydrogens is 302 g/mol. The molecule has 132 valence electrons. The second kappa shape index (κ2) is 8.83. The number of anilines is 1. The summed E-state index contributed by atoms with van der Waals surface area (Å²) < 4.78 is 0. The van der Waals surface area contributed by atoms with Crippen molar-refractivity contribution < 1.29 is 9.59 Å². The first-order valence-electron chi connectivity index (χ1n) is 8.98. The third-order valence-corrected chi connectivity index (χ3v) is 4.73. The number of likely N-dealkylation sites (tertiary alicyclic amines) is 1. The van der Waals surface area contributed by atoms with E-state index < -0.39 is 0 Å². The summed E-state index contributed by atoms with van der Waals surface area (Å²) in [5.41, 5.74) is 1.30. The van der Waals surface area contributed by atoms with E-state index in [0.29, 0.717) is 36.9 Å². The summed E-state index contributed by atoms with van der Waals surface area (Å²) >= 11 is 0. The molecule has 1 aliphatic heterocycles. The molecule has 5 heteroatoms. The molecule has 0 aliphatic carbocycles. The molecule has 1 atom stereocenters. The summed E-state index contributed by atoms with van der Waals surface area (Å²) in [6.07, 6.45) is 3.56.